The van der Waals surface area contributed by atoms with Crippen LogP contribution >= 0.6 is 15.9 Å². The Labute approximate surface area is 145 Å². The first-order valence-electron chi connectivity index (χ1n) is 7.40. The number of hydrogen-bond acceptors (Lipinski definition) is 4. The fraction of sp³-hybridized carbons (Fsp3) is 0.176. The number of nitrogens with zero attached hydrogens (tertiary/aromatic N) is 2. The average Bonchev–Trinajstić information content (AvgIpc) is 3.20. The SMILES string of the molecule is O=C(c1ccc(Br)o1)N1CCc2c(noc2-c2ccc(F)cc2)C1. The zero-order valence-corrected chi connectivity index (χ0v) is 14.0. The molecule has 5 nitrogen and oxygen atoms in total. The Hall–Kier alpha value is -2.41. The molecule has 122 valence electrons. The Kier molecular flexibility index (Phi) is 3.72. The molecule has 0 N–H and O–H groups in total. The fourth-order valence-electron chi connectivity index (χ4n) is 2.82. The van der Waals surface area contributed by atoms with E-state index in [1.54, 1.807) is 29.2 Å². The summed E-state index contributed by atoms with van der Waals surface area (Å²) in [5.74, 6) is 0.441. The van der Waals surface area contributed by atoms with Gasteiger partial charge >= 0.3 is 0 Å². The number of aromatic nitrogens is 1. The van der Waals surface area contributed by atoms with Crippen LogP contribution in [-0.2, 0) is 13.0 Å². The van der Waals surface area contributed by atoms with Crippen molar-refractivity contribution in [1.82, 2.24) is 10.1 Å². The number of benzene rings is 1. The highest BCUT2D eigenvalue weighted by atomic mass is 79.9. The first-order chi connectivity index (χ1) is 11.6. The molecule has 7 heteroatoms. The van der Waals surface area contributed by atoms with E-state index in [1.165, 1.54) is 12.1 Å². The molecule has 3 heterocycles. The maximum Gasteiger partial charge on any atom is 0.289 e. The van der Waals surface area contributed by atoms with E-state index in [-0.39, 0.29) is 17.5 Å². The number of carbonyl (C=O) groups excluding carboxylic acids is 1. The van der Waals surface area contributed by atoms with Crippen molar-refractivity contribution < 1.29 is 18.1 Å². The highest BCUT2D eigenvalue weighted by molar-refractivity contribution is 9.10. The summed E-state index contributed by atoms with van der Waals surface area (Å²) in [6.45, 7) is 0.900. The Morgan fingerprint density at radius 3 is 2.71 bits per heavy atom. The van der Waals surface area contributed by atoms with Gasteiger partial charge in [0, 0.05) is 17.7 Å². The van der Waals surface area contributed by atoms with Gasteiger partial charge in [-0.2, -0.15) is 0 Å². The summed E-state index contributed by atoms with van der Waals surface area (Å²) >= 11 is 3.19. The monoisotopic (exact) mass is 390 g/mol. The van der Waals surface area contributed by atoms with Gasteiger partial charge in [0.25, 0.3) is 5.91 Å². The molecular formula is C17H12BrFN2O3. The summed E-state index contributed by atoms with van der Waals surface area (Å²) in [7, 11) is 0. The third-order valence-electron chi connectivity index (χ3n) is 4.02. The van der Waals surface area contributed by atoms with Gasteiger partial charge < -0.3 is 13.8 Å². The van der Waals surface area contributed by atoms with Crippen LogP contribution in [0.15, 0.2) is 50.0 Å². The first-order valence-corrected chi connectivity index (χ1v) is 8.19. The molecule has 1 amide bonds. The van der Waals surface area contributed by atoms with Gasteiger partial charge in [-0.1, -0.05) is 5.16 Å². The molecule has 0 radical (unpaired) electrons. The minimum absolute atomic E-state index is 0.183. The number of amides is 1. The topological polar surface area (TPSA) is 59.5 Å². The van der Waals surface area contributed by atoms with Gasteiger partial charge in [0.05, 0.1) is 6.54 Å². The van der Waals surface area contributed by atoms with Gasteiger partial charge in [-0.05, 0) is 58.7 Å². The molecule has 3 aromatic rings. The van der Waals surface area contributed by atoms with Crippen LogP contribution < -0.4 is 0 Å². The Bertz CT molecular complexity index is 901. The van der Waals surface area contributed by atoms with E-state index in [0.717, 1.165) is 16.8 Å². The van der Waals surface area contributed by atoms with Gasteiger partial charge in [-0.3, -0.25) is 4.79 Å². The fourth-order valence-corrected chi connectivity index (χ4v) is 3.12. The van der Waals surface area contributed by atoms with Crippen molar-refractivity contribution in [1.29, 1.82) is 0 Å². The van der Waals surface area contributed by atoms with Gasteiger partial charge in [-0.25, -0.2) is 4.39 Å². The molecule has 24 heavy (non-hydrogen) atoms. The molecule has 1 aromatic carbocycles. The second-order valence-corrected chi connectivity index (χ2v) is 6.31. The molecule has 0 atom stereocenters. The number of furan rings is 1. The largest absolute Gasteiger partial charge is 0.444 e. The number of rotatable bonds is 2. The Morgan fingerprint density at radius 2 is 2.00 bits per heavy atom. The van der Waals surface area contributed by atoms with Crippen LogP contribution in [0, 0.1) is 5.82 Å². The van der Waals surface area contributed by atoms with E-state index in [1.807, 2.05) is 0 Å². The van der Waals surface area contributed by atoms with Crippen LogP contribution in [0.1, 0.15) is 21.8 Å². The lowest BCUT2D eigenvalue weighted by Crippen LogP contribution is -2.35. The third kappa shape index (κ3) is 2.65. The van der Waals surface area contributed by atoms with E-state index >= 15 is 0 Å². The van der Waals surface area contributed by atoms with Crippen LogP contribution in [0.5, 0.6) is 0 Å². The van der Waals surface area contributed by atoms with Gasteiger partial charge in [0.2, 0.25) is 0 Å². The summed E-state index contributed by atoms with van der Waals surface area (Å²) in [6.07, 6.45) is 0.624. The van der Waals surface area contributed by atoms with Crippen LogP contribution in [0.3, 0.4) is 0 Å². The standard InChI is InChI=1S/C17H12BrFN2O3/c18-15-6-5-14(23-15)17(22)21-8-7-12-13(9-21)20-24-16(12)10-1-3-11(19)4-2-10/h1-6H,7-9H2. The van der Waals surface area contributed by atoms with Gasteiger partial charge in [0.15, 0.2) is 16.2 Å². The first kappa shape index (κ1) is 15.1. The van der Waals surface area contributed by atoms with E-state index in [0.29, 0.717) is 29.9 Å². The maximum absolute atomic E-state index is 13.1. The molecule has 0 bridgehead atoms. The second kappa shape index (κ2) is 5.90. The summed E-state index contributed by atoms with van der Waals surface area (Å²) in [6, 6.07) is 9.41. The second-order valence-electron chi connectivity index (χ2n) is 5.52. The van der Waals surface area contributed by atoms with E-state index < -0.39 is 0 Å². The van der Waals surface area contributed by atoms with Crippen molar-refractivity contribution in [3.63, 3.8) is 0 Å². The lowest BCUT2D eigenvalue weighted by atomic mass is 10.0. The zero-order valence-electron chi connectivity index (χ0n) is 12.5. The molecule has 0 fully saturated rings. The summed E-state index contributed by atoms with van der Waals surface area (Å²) in [5, 5.41) is 4.08. The number of fused-ring (bicyclic) bond motifs is 1. The minimum atomic E-state index is -0.298. The molecule has 1 aliphatic heterocycles. The van der Waals surface area contributed by atoms with Crippen LogP contribution in [0.2, 0.25) is 0 Å². The van der Waals surface area contributed by atoms with Crippen molar-refractivity contribution in [2.75, 3.05) is 6.54 Å². The van der Waals surface area contributed by atoms with Crippen LogP contribution in [0.4, 0.5) is 4.39 Å². The third-order valence-corrected chi connectivity index (χ3v) is 4.45. The van der Waals surface area contributed by atoms with Gasteiger partial charge in [0.1, 0.15) is 11.5 Å². The quantitative estimate of drug-likeness (QED) is 0.662. The van der Waals surface area contributed by atoms with Crippen molar-refractivity contribution in [3.05, 3.63) is 63.9 Å². The average molecular weight is 391 g/mol. The predicted octanol–water partition coefficient (Wildman–Crippen LogP) is 4.03. The maximum atomic E-state index is 13.1. The van der Waals surface area contributed by atoms with Gasteiger partial charge in [-0.15, -0.1) is 0 Å². The van der Waals surface area contributed by atoms with E-state index in [9.17, 15) is 9.18 Å². The Morgan fingerprint density at radius 1 is 1.21 bits per heavy atom. The van der Waals surface area contributed by atoms with E-state index in [4.69, 9.17) is 8.94 Å². The zero-order chi connectivity index (χ0) is 16.7. The van der Waals surface area contributed by atoms with Crippen molar-refractivity contribution in [2.45, 2.75) is 13.0 Å². The summed E-state index contributed by atoms with van der Waals surface area (Å²) in [5.41, 5.74) is 2.46. The molecule has 0 unspecified atom stereocenters. The lowest BCUT2D eigenvalue weighted by Gasteiger charge is -2.25. The highest BCUT2D eigenvalue weighted by Crippen LogP contribution is 2.31. The molecule has 0 aliphatic carbocycles. The van der Waals surface area contributed by atoms with Crippen molar-refractivity contribution in [3.8, 4) is 11.3 Å². The highest BCUT2D eigenvalue weighted by Gasteiger charge is 2.29. The number of halogens is 2. The molecular weight excluding hydrogens is 379 g/mol. The van der Waals surface area contributed by atoms with Crippen molar-refractivity contribution in [2.24, 2.45) is 0 Å². The molecule has 0 saturated carbocycles. The normalized spacial score (nSPS) is 13.8. The molecule has 0 saturated heterocycles. The van der Waals surface area contributed by atoms with E-state index in [2.05, 4.69) is 21.1 Å². The summed E-state index contributed by atoms with van der Waals surface area (Å²) < 4.78 is 24.3. The molecule has 0 spiro atoms. The molecule has 1 aliphatic rings. The lowest BCUT2D eigenvalue weighted by molar-refractivity contribution is 0.0698. The number of hydrogen-bond donors (Lipinski definition) is 0. The minimum Gasteiger partial charge on any atom is -0.444 e. The smallest absolute Gasteiger partial charge is 0.289 e. The Balaban J connectivity index is 1.58. The number of carbonyl (C=O) groups is 1. The molecule has 2 aromatic heterocycles. The van der Waals surface area contributed by atoms with Crippen LogP contribution in [-0.4, -0.2) is 22.5 Å². The summed E-state index contributed by atoms with van der Waals surface area (Å²) in [4.78, 5) is 14.1. The van der Waals surface area contributed by atoms with Crippen molar-refractivity contribution >= 4 is 21.8 Å². The predicted molar refractivity (Wildman–Crippen MR) is 86.7 cm³/mol. The molecule has 4 rings (SSSR count). The van der Waals surface area contributed by atoms with Crippen LogP contribution in [0.25, 0.3) is 11.3 Å².